The first-order valence-corrected chi connectivity index (χ1v) is 10.2. The van der Waals surface area contributed by atoms with Crippen molar-refractivity contribution in [2.45, 2.75) is 64.5 Å². The molecule has 148 valence electrons. The van der Waals surface area contributed by atoms with Gasteiger partial charge in [0.15, 0.2) is 0 Å². The normalized spacial score (nSPS) is 23.7. The molecule has 5 nitrogen and oxygen atoms in total. The Morgan fingerprint density at radius 1 is 1.11 bits per heavy atom. The summed E-state index contributed by atoms with van der Waals surface area (Å²) in [5.74, 6) is 0.181. The van der Waals surface area contributed by atoms with E-state index < -0.39 is 5.97 Å². The van der Waals surface area contributed by atoms with Crippen LogP contribution in [0.5, 0.6) is 0 Å². The standard InChI is InChI=1S/C23H28N2O3/c1-4-28-23(27)21-14(2)20(15(3)24-21)22(26)25-18-10-11-19(25)13-17(12-18)16-8-6-5-7-9-16/h5-9,17-19,24H,4,10-13H2,1-3H3/t17?,18-,19+. The molecule has 1 aromatic carbocycles. The number of amides is 1. The monoisotopic (exact) mass is 380 g/mol. The number of esters is 1. The van der Waals surface area contributed by atoms with Crippen LogP contribution in [0.3, 0.4) is 0 Å². The molecule has 2 aromatic rings. The number of aromatic nitrogens is 1. The zero-order valence-electron chi connectivity index (χ0n) is 16.8. The Hall–Kier alpha value is -2.56. The Morgan fingerprint density at radius 3 is 2.36 bits per heavy atom. The van der Waals surface area contributed by atoms with Crippen molar-refractivity contribution in [2.24, 2.45) is 0 Å². The Morgan fingerprint density at radius 2 is 1.75 bits per heavy atom. The van der Waals surface area contributed by atoms with Gasteiger partial charge in [0.05, 0.1) is 12.2 Å². The third-order valence-corrected chi connectivity index (χ3v) is 6.37. The summed E-state index contributed by atoms with van der Waals surface area (Å²) in [4.78, 5) is 30.9. The number of carbonyl (C=O) groups excluding carboxylic acids is 2. The second kappa shape index (κ2) is 7.46. The van der Waals surface area contributed by atoms with E-state index in [-0.39, 0.29) is 18.0 Å². The summed E-state index contributed by atoms with van der Waals surface area (Å²) >= 11 is 0. The van der Waals surface area contributed by atoms with Gasteiger partial charge in [-0.3, -0.25) is 4.79 Å². The highest BCUT2D eigenvalue weighted by molar-refractivity contribution is 6.01. The van der Waals surface area contributed by atoms with Gasteiger partial charge in [0.2, 0.25) is 0 Å². The van der Waals surface area contributed by atoms with Crippen molar-refractivity contribution in [3.63, 3.8) is 0 Å². The van der Waals surface area contributed by atoms with E-state index in [1.54, 1.807) is 6.92 Å². The van der Waals surface area contributed by atoms with Gasteiger partial charge in [0.1, 0.15) is 5.69 Å². The molecule has 3 atom stereocenters. The smallest absolute Gasteiger partial charge is 0.355 e. The van der Waals surface area contributed by atoms with Crippen LogP contribution in [0.1, 0.15) is 76.2 Å². The molecule has 2 bridgehead atoms. The number of rotatable bonds is 4. The van der Waals surface area contributed by atoms with Crippen LogP contribution >= 0.6 is 0 Å². The molecule has 3 heterocycles. The van der Waals surface area contributed by atoms with Crippen molar-refractivity contribution in [1.29, 1.82) is 0 Å². The molecule has 2 saturated heterocycles. The summed E-state index contributed by atoms with van der Waals surface area (Å²) in [5.41, 5.74) is 3.86. The van der Waals surface area contributed by atoms with Gasteiger partial charge in [-0.2, -0.15) is 0 Å². The number of aryl methyl sites for hydroxylation is 1. The number of carbonyl (C=O) groups is 2. The molecule has 0 aliphatic carbocycles. The molecule has 2 aliphatic rings. The highest BCUT2D eigenvalue weighted by atomic mass is 16.5. The van der Waals surface area contributed by atoms with Crippen LogP contribution < -0.4 is 0 Å². The highest BCUT2D eigenvalue weighted by Crippen LogP contribution is 2.44. The predicted octanol–water partition coefficient (Wildman–Crippen LogP) is 4.36. The van der Waals surface area contributed by atoms with Crippen LogP contribution in [0, 0.1) is 13.8 Å². The first-order valence-electron chi connectivity index (χ1n) is 10.2. The average molecular weight is 380 g/mol. The number of hydrogen-bond donors (Lipinski definition) is 1. The minimum absolute atomic E-state index is 0.0563. The van der Waals surface area contributed by atoms with E-state index in [4.69, 9.17) is 4.74 Å². The molecular formula is C23H28N2O3. The van der Waals surface area contributed by atoms with Crippen molar-refractivity contribution in [3.05, 3.63) is 58.4 Å². The number of fused-ring (bicyclic) bond motifs is 2. The van der Waals surface area contributed by atoms with Gasteiger partial charge >= 0.3 is 5.97 Å². The molecule has 0 saturated carbocycles. The minimum Gasteiger partial charge on any atom is -0.461 e. The number of nitrogens with one attached hydrogen (secondary N) is 1. The first-order chi connectivity index (χ1) is 13.5. The molecule has 1 aromatic heterocycles. The number of aromatic amines is 1. The van der Waals surface area contributed by atoms with E-state index in [0.717, 1.165) is 31.4 Å². The van der Waals surface area contributed by atoms with E-state index in [9.17, 15) is 9.59 Å². The predicted molar refractivity (Wildman–Crippen MR) is 108 cm³/mol. The maximum absolute atomic E-state index is 13.5. The summed E-state index contributed by atoms with van der Waals surface area (Å²) in [6.07, 6.45) is 4.15. The van der Waals surface area contributed by atoms with Crippen LogP contribution in [0.2, 0.25) is 0 Å². The fraction of sp³-hybridized carbons (Fsp3) is 0.478. The van der Waals surface area contributed by atoms with Crippen molar-refractivity contribution in [3.8, 4) is 0 Å². The second-order valence-corrected chi connectivity index (χ2v) is 8.02. The van der Waals surface area contributed by atoms with E-state index >= 15 is 0 Å². The molecule has 1 N–H and O–H groups in total. The summed E-state index contributed by atoms with van der Waals surface area (Å²) in [7, 11) is 0. The molecule has 0 spiro atoms. The lowest BCUT2D eigenvalue weighted by molar-refractivity contribution is 0.0519. The Kier molecular flexibility index (Phi) is 5.00. The average Bonchev–Trinajstić information content (AvgIpc) is 3.14. The zero-order chi connectivity index (χ0) is 19.8. The van der Waals surface area contributed by atoms with E-state index in [0.29, 0.717) is 29.3 Å². The van der Waals surface area contributed by atoms with Gasteiger partial charge in [-0.15, -0.1) is 0 Å². The summed E-state index contributed by atoms with van der Waals surface area (Å²) in [6, 6.07) is 11.2. The molecule has 1 unspecified atom stereocenters. The van der Waals surface area contributed by atoms with Gasteiger partial charge in [-0.05, 0) is 63.5 Å². The summed E-state index contributed by atoms with van der Waals surface area (Å²) in [5, 5.41) is 0. The third-order valence-electron chi connectivity index (χ3n) is 6.37. The van der Waals surface area contributed by atoms with Crippen molar-refractivity contribution < 1.29 is 14.3 Å². The van der Waals surface area contributed by atoms with Crippen LogP contribution in [0.25, 0.3) is 0 Å². The summed E-state index contributed by atoms with van der Waals surface area (Å²) < 4.78 is 5.12. The molecule has 5 heteroatoms. The molecule has 0 radical (unpaired) electrons. The van der Waals surface area contributed by atoms with Crippen LogP contribution in [0.4, 0.5) is 0 Å². The Labute approximate surface area is 166 Å². The number of benzene rings is 1. The van der Waals surface area contributed by atoms with E-state index in [1.807, 2.05) is 13.8 Å². The Bertz CT molecular complexity index is 873. The maximum Gasteiger partial charge on any atom is 0.355 e. The van der Waals surface area contributed by atoms with Crippen molar-refractivity contribution in [2.75, 3.05) is 6.61 Å². The van der Waals surface area contributed by atoms with Gasteiger partial charge in [0.25, 0.3) is 5.91 Å². The third kappa shape index (κ3) is 3.13. The van der Waals surface area contributed by atoms with Crippen LogP contribution in [0.15, 0.2) is 30.3 Å². The van der Waals surface area contributed by atoms with Gasteiger partial charge in [-0.1, -0.05) is 30.3 Å². The fourth-order valence-corrected chi connectivity index (χ4v) is 5.11. The zero-order valence-corrected chi connectivity index (χ0v) is 16.8. The van der Waals surface area contributed by atoms with Crippen molar-refractivity contribution >= 4 is 11.9 Å². The molecule has 1 amide bonds. The van der Waals surface area contributed by atoms with E-state index in [1.165, 1.54) is 5.56 Å². The number of nitrogens with zero attached hydrogens (tertiary/aromatic N) is 1. The number of piperidine rings is 1. The Balaban J connectivity index is 1.58. The molecule has 4 rings (SSSR count). The molecule has 28 heavy (non-hydrogen) atoms. The summed E-state index contributed by atoms with van der Waals surface area (Å²) in [6.45, 7) is 5.80. The van der Waals surface area contributed by atoms with E-state index in [2.05, 4.69) is 40.2 Å². The second-order valence-electron chi connectivity index (χ2n) is 8.02. The van der Waals surface area contributed by atoms with Gasteiger partial charge in [-0.25, -0.2) is 4.79 Å². The number of hydrogen-bond acceptors (Lipinski definition) is 3. The lowest BCUT2D eigenvalue weighted by Gasteiger charge is -2.39. The highest BCUT2D eigenvalue weighted by Gasteiger charge is 2.44. The fourth-order valence-electron chi connectivity index (χ4n) is 5.11. The maximum atomic E-state index is 13.5. The SMILES string of the molecule is CCOC(=O)c1[nH]c(C)c(C(=O)N2[C@@H]3CC[C@H]2CC(c2ccccc2)C3)c1C. The van der Waals surface area contributed by atoms with Crippen LogP contribution in [-0.4, -0.2) is 40.5 Å². The number of ether oxygens (including phenoxy) is 1. The van der Waals surface area contributed by atoms with Crippen molar-refractivity contribution in [1.82, 2.24) is 9.88 Å². The largest absolute Gasteiger partial charge is 0.461 e. The molecular weight excluding hydrogens is 352 g/mol. The van der Waals surface area contributed by atoms with Gasteiger partial charge in [0, 0.05) is 17.8 Å². The molecule has 2 aliphatic heterocycles. The van der Waals surface area contributed by atoms with Gasteiger partial charge < -0.3 is 14.6 Å². The minimum atomic E-state index is -0.395. The topological polar surface area (TPSA) is 62.4 Å². The number of H-pyrrole nitrogens is 1. The lowest BCUT2D eigenvalue weighted by Crippen LogP contribution is -2.46. The molecule has 2 fully saturated rings. The quantitative estimate of drug-likeness (QED) is 0.802. The first kappa shape index (κ1) is 18.8. The van der Waals surface area contributed by atoms with Crippen LogP contribution in [-0.2, 0) is 4.74 Å². The lowest BCUT2D eigenvalue weighted by atomic mass is 9.84.